The Morgan fingerprint density at radius 2 is 2.00 bits per heavy atom. The third-order valence-electron chi connectivity index (χ3n) is 1.44. The number of carboxylic acid groups (broad SMARTS) is 1. The van der Waals surface area contributed by atoms with E-state index in [4.69, 9.17) is 10.3 Å². The molecule has 1 rings (SSSR count). The molecule has 4 nitrogen and oxygen atoms in total. The number of hydrogen-bond donors (Lipinski definition) is 2. The summed E-state index contributed by atoms with van der Waals surface area (Å²) in [5, 5.41) is 20.5. The predicted octanol–water partition coefficient (Wildman–Crippen LogP) is 1.64. The van der Waals surface area contributed by atoms with Gasteiger partial charge in [-0.3, -0.25) is 4.79 Å². The molecule has 0 aliphatic carbocycles. The van der Waals surface area contributed by atoms with E-state index < -0.39 is 5.97 Å². The Bertz CT molecular complexity index is 337. The summed E-state index contributed by atoms with van der Waals surface area (Å²) in [5.41, 5.74) is 0.709. The first-order valence-electron chi connectivity index (χ1n) is 3.86. The molecule has 2 N–H and O–H groups in total. The molecule has 0 bridgehead atoms. The smallest absolute Gasteiger partial charge is 0.313 e. The highest BCUT2D eigenvalue weighted by Gasteiger charge is 2.06. The normalized spacial score (nSPS) is 11.3. The topological polar surface area (TPSA) is 69.9 Å². The van der Waals surface area contributed by atoms with Crippen molar-refractivity contribution < 1.29 is 15.1 Å². The molecule has 0 fully saturated rings. The molecule has 74 valence electrons. The zero-order chi connectivity index (χ0) is 10.4. The van der Waals surface area contributed by atoms with Crippen LogP contribution in [0.2, 0.25) is 0 Å². The number of nitrogens with zero attached hydrogens (tertiary/aromatic N) is 1. The molecule has 0 saturated carbocycles. The lowest BCUT2D eigenvalue weighted by Crippen LogP contribution is -2.03. The minimum Gasteiger partial charge on any atom is -0.481 e. The third kappa shape index (κ3) is 3.10. The standard InChI is InChI=1S/C9H9NO3S/c11-8(12)6-14-9(10-13)7-4-2-1-3-5-7/h1-5,13H,6H2,(H,11,12)/b10-9-. The highest BCUT2D eigenvalue weighted by molar-refractivity contribution is 8.14. The van der Waals surface area contributed by atoms with E-state index in [9.17, 15) is 4.79 Å². The average Bonchev–Trinajstić information content (AvgIpc) is 2.20. The Labute approximate surface area is 85.2 Å². The molecule has 0 heterocycles. The molecule has 1 aromatic rings. The number of hydrogen-bond acceptors (Lipinski definition) is 4. The number of oxime groups is 1. The maximum atomic E-state index is 10.3. The number of rotatable bonds is 3. The van der Waals surface area contributed by atoms with Gasteiger partial charge in [-0.1, -0.05) is 47.2 Å². The van der Waals surface area contributed by atoms with Gasteiger partial charge >= 0.3 is 5.97 Å². The summed E-state index contributed by atoms with van der Waals surface area (Å²) in [4.78, 5) is 10.3. The van der Waals surface area contributed by atoms with Crippen LogP contribution >= 0.6 is 11.8 Å². The van der Waals surface area contributed by atoms with Crippen LogP contribution in [0.25, 0.3) is 0 Å². The number of benzene rings is 1. The monoisotopic (exact) mass is 211 g/mol. The van der Waals surface area contributed by atoms with Gasteiger partial charge < -0.3 is 10.3 Å². The highest BCUT2D eigenvalue weighted by atomic mass is 32.2. The first-order valence-corrected chi connectivity index (χ1v) is 4.84. The first kappa shape index (κ1) is 10.6. The first-order chi connectivity index (χ1) is 6.74. The summed E-state index contributed by atoms with van der Waals surface area (Å²) in [5.74, 6) is -1.05. The van der Waals surface area contributed by atoms with Gasteiger partial charge in [0.1, 0.15) is 5.04 Å². The maximum absolute atomic E-state index is 10.3. The van der Waals surface area contributed by atoms with Crippen molar-refractivity contribution in [2.75, 3.05) is 5.75 Å². The van der Waals surface area contributed by atoms with Gasteiger partial charge in [-0.05, 0) is 0 Å². The third-order valence-corrected chi connectivity index (χ3v) is 2.43. The van der Waals surface area contributed by atoms with Crippen molar-refractivity contribution in [2.24, 2.45) is 5.16 Å². The SMILES string of the molecule is O=C(O)CS/C(=N\O)c1ccccc1. The average molecular weight is 211 g/mol. The molecule has 0 saturated heterocycles. The molecule has 14 heavy (non-hydrogen) atoms. The zero-order valence-corrected chi connectivity index (χ0v) is 8.07. The van der Waals surface area contributed by atoms with Crippen molar-refractivity contribution >= 4 is 22.8 Å². The van der Waals surface area contributed by atoms with E-state index in [0.717, 1.165) is 11.8 Å². The van der Waals surface area contributed by atoms with Crippen molar-refractivity contribution in [1.29, 1.82) is 0 Å². The quantitative estimate of drug-likeness (QED) is 0.345. The summed E-state index contributed by atoms with van der Waals surface area (Å²) >= 11 is 0.983. The van der Waals surface area contributed by atoms with Crippen LogP contribution in [-0.2, 0) is 4.79 Å². The van der Waals surface area contributed by atoms with E-state index in [1.54, 1.807) is 24.3 Å². The highest BCUT2D eigenvalue weighted by Crippen LogP contribution is 2.12. The Kier molecular flexibility index (Phi) is 4.00. The molecular weight excluding hydrogens is 202 g/mol. The molecule has 0 aliphatic rings. The van der Waals surface area contributed by atoms with E-state index in [2.05, 4.69) is 5.16 Å². The van der Waals surface area contributed by atoms with E-state index >= 15 is 0 Å². The van der Waals surface area contributed by atoms with Crippen molar-refractivity contribution in [1.82, 2.24) is 0 Å². The Balaban J connectivity index is 2.69. The van der Waals surface area contributed by atoms with Gasteiger partial charge in [-0.25, -0.2) is 0 Å². The van der Waals surface area contributed by atoms with Gasteiger partial charge in [-0.15, -0.1) is 0 Å². The number of thioether (sulfide) groups is 1. The van der Waals surface area contributed by atoms with Crippen molar-refractivity contribution in [3.63, 3.8) is 0 Å². The minimum atomic E-state index is -0.938. The van der Waals surface area contributed by atoms with Gasteiger partial charge in [0.05, 0.1) is 5.75 Å². The molecule has 0 aliphatic heterocycles. The summed E-state index contributed by atoms with van der Waals surface area (Å²) < 4.78 is 0. The van der Waals surface area contributed by atoms with Crippen LogP contribution in [0, 0.1) is 0 Å². The largest absolute Gasteiger partial charge is 0.481 e. The van der Waals surface area contributed by atoms with Crippen LogP contribution in [0.15, 0.2) is 35.5 Å². The fraction of sp³-hybridized carbons (Fsp3) is 0.111. The molecule has 1 aromatic carbocycles. The van der Waals surface area contributed by atoms with Crippen LogP contribution in [-0.4, -0.2) is 27.1 Å². The Hall–Kier alpha value is -1.49. The molecule has 0 amide bonds. The molecule has 0 radical (unpaired) electrons. The summed E-state index contributed by atoms with van der Waals surface area (Å²) in [6.45, 7) is 0. The lowest BCUT2D eigenvalue weighted by atomic mass is 10.2. The Morgan fingerprint density at radius 3 is 2.50 bits per heavy atom. The van der Waals surface area contributed by atoms with E-state index in [0.29, 0.717) is 10.6 Å². The molecule has 0 spiro atoms. The van der Waals surface area contributed by atoms with Crippen LogP contribution in [0.1, 0.15) is 5.56 Å². The summed E-state index contributed by atoms with van der Waals surface area (Å²) in [6.07, 6.45) is 0. The number of aliphatic carboxylic acids is 1. The van der Waals surface area contributed by atoms with Crippen molar-refractivity contribution in [2.45, 2.75) is 0 Å². The molecular formula is C9H9NO3S. The summed E-state index contributed by atoms with van der Waals surface area (Å²) in [6, 6.07) is 8.93. The van der Waals surface area contributed by atoms with Gasteiger partial charge in [0, 0.05) is 5.56 Å². The lowest BCUT2D eigenvalue weighted by Gasteiger charge is -2.01. The second-order valence-electron chi connectivity index (χ2n) is 2.45. The number of carbonyl (C=O) groups is 1. The van der Waals surface area contributed by atoms with Crippen LogP contribution in [0.4, 0.5) is 0 Å². The lowest BCUT2D eigenvalue weighted by molar-refractivity contribution is -0.133. The van der Waals surface area contributed by atoms with Crippen LogP contribution in [0.3, 0.4) is 0 Å². The van der Waals surface area contributed by atoms with Gasteiger partial charge in [0.25, 0.3) is 0 Å². The predicted molar refractivity (Wildman–Crippen MR) is 54.9 cm³/mol. The maximum Gasteiger partial charge on any atom is 0.313 e. The second-order valence-corrected chi connectivity index (χ2v) is 3.42. The van der Waals surface area contributed by atoms with E-state index in [1.807, 2.05) is 6.07 Å². The van der Waals surface area contributed by atoms with Crippen molar-refractivity contribution in [3.8, 4) is 0 Å². The van der Waals surface area contributed by atoms with Crippen LogP contribution in [0.5, 0.6) is 0 Å². The van der Waals surface area contributed by atoms with E-state index in [-0.39, 0.29) is 5.75 Å². The van der Waals surface area contributed by atoms with Gasteiger partial charge in [0.15, 0.2) is 0 Å². The van der Waals surface area contributed by atoms with E-state index in [1.165, 1.54) is 0 Å². The molecule has 5 heteroatoms. The minimum absolute atomic E-state index is 0.117. The second kappa shape index (κ2) is 5.29. The van der Waals surface area contributed by atoms with Gasteiger partial charge in [-0.2, -0.15) is 0 Å². The molecule has 0 atom stereocenters. The summed E-state index contributed by atoms with van der Waals surface area (Å²) in [7, 11) is 0. The molecule has 0 unspecified atom stereocenters. The van der Waals surface area contributed by atoms with Gasteiger partial charge in [0.2, 0.25) is 0 Å². The van der Waals surface area contributed by atoms with Crippen LogP contribution < -0.4 is 0 Å². The fourth-order valence-corrected chi connectivity index (χ4v) is 1.50. The number of carboxylic acids is 1. The Morgan fingerprint density at radius 1 is 1.36 bits per heavy atom. The molecule has 0 aromatic heterocycles. The zero-order valence-electron chi connectivity index (χ0n) is 7.25. The fourth-order valence-electron chi connectivity index (χ4n) is 0.881. The van der Waals surface area contributed by atoms with Crippen molar-refractivity contribution in [3.05, 3.63) is 35.9 Å².